The van der Waals surface area contributed by atoms with E-state index in [2.05, 4.69) is 34.6 Å². The van der Waals surface area contributed by atoms with Gasteiger partial charge >= 0.3 is 0 Å². The minimum absolute atomic E-state index is 0.948. The number of unbranched alkanes of at least 4 members (excludes halogenated alkanes) is 20. The molecule has 38 heavy (non-hydrogen) atoms. The molecule has 230 valence electrons. The second-order valence-electron chi connectivity index (χ2n) is 13.8. The van der Waals surface area contributed by atoms with E-state index in [1.54, 1.807) is 0 Å². The molecule has 0 rings (SSSR count). The Balaban J connectivity index is 3.36. The highest BCUT2D eigenvalue weighted by molar-refractivity contribution is 4.61. The second-order valence-corrected chi connectivity index (χ2v) is 13.8. The monoisotopic (exact) mass is 535 g/mol. The molecule has 0 aromatic heterocycles. The van der Waals surface area contributed by atoms with Crippen LogP contribution in [0.15, 0.2) is 0 Å². The molecule has 0 saturated carbocycles. The van der Waals surface area contributed by atoms with Crippen LogP contribution in [-0.2, 0) is 0 Å². The summed E-state index contributed by atoms with van der Waals surface area (Å²) in [5.74, 6) is 2.86. The zero-order chi connectivity index (χ0) is 27.9. The molecule has 0 aromatic carbocycles. The lowest BCUT2D eigenvalue weighted by atomic mass is 9.91. The topological polar surface area (TPSA) is 0 Å². The van der Waals surface area contributed by atoms with Crippen LogP contribution >= 0.6 is 0 Å². The molecule has 0 spiro atoms. The number of hydrogen-bond donors (Lipinski definition) is 0. The molecule has 3 unspecified atom stereocenters. The van der Waals surface area contributed by atoms with Crippen molar-refractivity contribution in [2.24, 2.45) is 17.8 Å². The first-order valence-electron chi connectivity index (χ1n) is 18.6. The zero-order valence-corrected chi connectivity index (χ0v) is 27.9. The minimum Gasteiger partial charge on any atom is -0.0654 e. The molecular weight excluding hydrogens is 456 g/mol. The summed E-state index contributed by atoms with van der Waals surface area (Å²) in [5, 5.41) is 0. The van der Waals surface area contributed by atoms with Crippen molar-refractivity contribution in [2.45, 2.75) is 227 Å². The quantitative estimate of drug-likeness (QED) is 0.0752. The van der Waals surface area contributed by atoms with Gasteiger partial charge in [-0.05, 0) is 17.8 Å². The maximum Gasteiger partial charge on any atom is -0.0443 e. The highest BCUT2D eigenvalue weighted by atomic mass is 14.1. The van der Waals surface area contributed by atoms with E-state index in [-0.39, 0.29) is 0 Å². The summed E-state index contributed by atoms with van der Waals surface area (Å²) in [5.41, 5.74) is 0. The van der Waals surface area contributed by atoms with Crippen molar-refractivity contribution in [3.63, 3.8) is 0 Å². The smallest absolute Gasteiger partial charge is 0.0443 e. The molecule has 3 atom stereocenters. The van der Waals surface area contributed by atoms with Crippen LogP contribution < -0.4 is 0 Å². The molecule has 0 bridgehead atoms. The van der Waals surface area contributed by atoms with Crippen molar-refractivity contribution < 1.29 is 0 Å². The molecular formula is C38H78. The molecule has 0 amide bonds. The maximum absolute atomic E-state index is 2.51. The van der Waals surface area contributed by atoms with Gasteiger partial charge in [-0.15, -0.1) is 0 Å². The summed E-state index contributed by atoms with van der Waals surface area (Å²) >= 11 is 0. The van der Waals surface area contributed by atoms with Crippen molar-refractivity contribution in [3.05, 3.63) is 0 Å². The van der Waals surface area contributed by atoms with Gasteiger partial charge in [0.1, 0.15) is 0 Å². The summed E-state index contributed by atoms with van der Waals surface area (Å²) in [6.45, 7) is 12.1. The van der Waals surface area contributed by atoms with Crippen LogP contribution in [0.4, 0.5) is 0 Å². The van der Waals surface area contributed by atoms with Gasteiger partial charge in [0, 0.05) is 0 Å². The van der Waals surface area contributed by atoms with Crippen LogP contribution in [-0.4, -0.2) is 0 Å². The summed E-state index contributed by atoms with van der Waals surface area (Å²) in [6.07, 6.45) is 44.0. The van der Waals surface area contributed by atoms with E-state index >= 15 is 0 Å². The molecule has 0 aliphatic heterocycles. The molecule has 0 heterocycles. The summed E-state index contributed by atoms with van der Waals surface area (Å²) in [7, 11) is 0. The fourth-order valence-corrected chi connectivity index (χ4v) is 6.37. The third kappa shape index (κ3) is 30.5. The van der Waals surface area contributed by atoms with Crippen LogP contribution in [0.1, 0.15) is 227 Å². The van der Waals surface area contributed by atoms with E-state index in [1.165, 1.54) is 193 Å². The van der Waals surface area contributed by atoms with Crippen LogP contribution in [0.25, 0.3) is 0 Å². The Morgan fingerprint density at radius 3 is 0.684 bits per heavy atom. The van der Waals surface area contributed by atoms with E-state index < -0.39 is 0 Å². The average molecular weight is 535 g/mol. The first kappa shape index (κ1) is 38.0. The first-order chi connectivity index (χ1) is 18.6. The highest BCUT2D eigenvalue weighted by Gasteiger charge is 2.07. The van der Waals surface area contributed by atoms with Crippen molar-refractivity contribution in [2.75, 3.05) is 0 Å². The Morgan fingerprint density at radius 2 is 0.421 bits per heavy atom. The Hall–Kier alpha value is 0. The Kier molecular flexibility index (Phi) is 31.5. The van der Waals surface area contributed by atoms with Gasteiger partial charge in [-0.3, -0.25) is 0 Å². The Labute approximate surface area is 244 Å². The fraction of sp³-hybridized carbons (Fsp3) is 1.00. The summed E-state index contributed by atoms with van der Waals surface area (Å²) in [4.78, 5) is 0. The zero-order valence-electron chi connectivity index (χ0n) is 27.9. The standard InChI is InChI=1S/C38H78/c1-6-8-10-12-14-16-17-18-19-21-23-25-30-36(3)32-27-24-28-33-38(5)35-29-34-37(4)31-26-22-20-15-13-11-9-7-2/h36-38H,6-35H2,1-5H3. The molecule has 0 saturated heterocycles. The van der Waals surface area contributed by atoms with Crippen molar-refractivity contribution in [1.82, 2.24) is 0 Å². The van der Waals surface area contributed by atoms with Gasteiger partial charge in [-0.2, -0.15) is 0 Å². The Bertz CT molecular complexity index is 412. The van der Waals surface area contributed by atoms with Gasteiger partial charge in [0.25, 0.3) is 0 Å². The lowest BCUT2D eigenvalue weighted by Crippen LogP contribution is -2.00. The Morgan fingerprint density at radius 1 is 0.237 bits per heavy atom. The lowest BCUT2D eigenvalue weighted by molar-refractivity contribution is 0.385. The largest absolute Gasteiger partial charge is 0.0654 e. The average Bonchev–Trinajstić information content (AvgIpc) is 2.90. The normalized spacial score (nSPS) is 14.1. The van der Waals surface area contributed by atoms with Crippen molar-refractivity contribution >= 4 is 0 Å². The van der Waals surface area contributed by atoms with Crippen LogP contribution in [0.3, 0.4) is 0 Å². The number of hydrogen-bond acceptors (Lipinski definition) is 0. The first-order valence-corrected chi connectivity index (χ1v) is 18.6. The van der Waals surface area contributed by atoms with Crippen LogP contribution in [0.2, 0.25) is 0 Å². The van der Waals surface area contributed by atoms with Crippen molar-refractivity contribution in [1.29, 1.82) is 0 Å². The molecule has 0 heteroatoms. The molecule has 0 nitrogen and oxygen atoms in total. The van der Waals surface area contributed by atoms with Crippen LogP contribution in [0, 0.1) is 17.8 Å². The van der Waals surface area contributed by atoms with E-state index in [1.807, 2.05) is 0 Å². The molecule has 0 fully saturated rings. The minimum atomic E-state index is 0.948. The lowest BCUT2D eigenvalue weighted by Gasteiger charge is -2.15. The molecule has 0 N–H and O–H groups in total. The van der Waals surface area contributed by atoms with Gasteiger partial charge in [-0.1, -0.05) is 227 Å². The van der Waals surface area contributed by atoms with Gasteiger partial charge in [0.15, 0.2) is 0 Å². The fourth-order valence-electron chi connectivity index (χ4n) is 6.37. The van der Waals surface area contributed by atoms with Crippen molar-refractivity contribution in [3.8, 4) is 0 Å². The van der Waals surface area contributed by atoms with E-state index in [0.29, 0.717) is 0 Å². The molecule has 0 radical (unpaired) electrons. The molecule has 0 aliphatic rings. The van der Waals surface area contributed by atoms with Gasteiger partial charge in [0.05, 0.1) is 0 Å². The molecule has 0 aromatic rings. The van der Waals surface area contributed by atoms with Crippen LogP contribution in [0.5, 0.6) is 0 Å². The summed E-state index contributed by atoms with van der Waals surface area (Å²) < 4.78 is 0. The van der Waals surface area contributed by atoms with Gasteiger partial charge in [0.2, 0.25) is 0 Å². The van der Waals surface area contributed by atoms with Gasteiger partial charge < -0.3 is 0 Å². The highest BCUT2D eigenvalue weighted by Crippen LogP contribution is 2.23. The maximum atomic E-state index is 2.51. The summed E-state index contributed by atoms with van der Waals surface area (Å²) in [6, 6.07) is 0. The third-order valence-electron chi connectivity index (χ3n) is 9.39. The van der Waals surface area contributed by atoms with E-state index in [0.717, 1.165) is 17.8 Å². The van der Waals surface area contributed by atoms with E-state index in [4.69, 9.17) is 0 Å². The third-order valence-corrected chi connectivity index (χ3v) is 9.39. The number of rotatable bonds is 32. The van der Waals surface area contributed by atoms with E-state index in [9.17, 15) is 0 Å². The second kappa shape index (κ2) is 31.5. The molecule has 0 aliphatic carbocycles. The van der Waals surface area contributed by atoms with Gasteiger partial charge in [-0.25, -0.2) is 0 Å². The predicted octanol–water partition coefficient (Wildman–Crippen LogP) is 14.6. The SMILES string of the molecule is CCCCCCCCCCCCCCC(C)CCCCCC(C)CCCC(C)CCCCCCCCCC. The predicted molar refractivity (Wildman–Crippen MR) is 177 cm³/mol.